The highest BCUT2D eigenvalue weighted by Crippen LogP contribution is 2.38. The molecule has 112 valence electrons. The van der Waals surface area contributed by atoms with Gasteiger partial charge in [-0.3, -0.25) is 0 Å². The number of hydrogen-bond donors (Lipinski definition) is 1. The normalized spacial score (nSPS) is 24.2. The van der Waals surface area contributed by atoms with E-state index in [1.165, 1.54) is 41.4 Å². The Hall–Kier alpha value is -0.650. The zero-order valence-electron chi connectivity index (χ0n) is 12.9. The Morgan fingerprint density at radius 3 is 2.65 bits per heavy atom. The van der Waals surface area contributed by atoms with E-state index in [0.717, 1.165) is 25.6 Å². The molecule has 4 nitrogen and oxygen atoms in total. The van der Waals surface area contributed by atoms with Crippen molar-refractivity contribution in [1.29, 1.82) is 0 Å². The second-order valence-electron chi connectivity index (χ2n) is 6.22. The van der Waals surface area contributed by atoms with Crippen molar-refractivity contribution < 1.29 is 0 Å². The van der Waals surface area contributed by atoms with Gasteiger partial charge in [0.05, 0.1) is 5.69 Å². The smallest absolute Gasteiger partial charge is 0.185 e. The van der Waals surface area contributed by atoms with Gasteiger partial charge < -0.3 is 15.1 Å². The van der Waals surface area contributed by atoms with Crippen molar-refractivity contribution in [2.24, 2.45) is 0 Å². The Morgan fingerprint density at radius 2 is 2.00 bits per heavy atom. The van der Waals surface area contributed by atoms with Gasteiger partial charge in [-0.15, -0.1) is 0 Å². The van der Waals surface area contributed by atoms with Crippen LogP contribution in [0.4, 0.5) is 5.13 Å². The first kappa shape index (κ1) is 14.3. The Bertz CT molecular complexity index is 449. The molecule has 0 saturated carbocycles. The molecule has 1 aromatic heterocycles. The Labute approximate surface area is 126 Å². The zero-order chi connectivity index (χ0) is 14.1. The van der Waals surface area contributed by atoms with E-state index in [2.05, 4.69) is 36.3 Å². The molecule has 1 fully saturated rings. The first-order valence-electron chi connectivity index (χ1n) is 7.77. The number of nitrogens with one attached hydrogen (secondary N) is 1. The summed E-state index contributed by atoms with van der Waals surface area (Å²) in [5, 5.41) is 4.70. The zero-order valence-corrected chi connectivity index (χ0v) is 13.7. The van der Waals surface area contributed by atoms with Crippen molar-refractivity contribution in [1.82, 2.24) is 15.2 Å². The number of hydrogen-bond acceptors (Lipinski definition) is 5. The number of aromatic nitrogens is 1. The molecule has 0 aromatic carbocycles. The van der Waals surface area contributed by atoms with E-state index >= 15 is 0 Å². The molecule has 3 rings (SSSR count). The minimum Gasteiger partial charge on any atom is -0.348 e. The third-order valence-electron chi connectivity index (χ3n) is 4.75. The predicted octanol–water partition coefficient (Wildman–Crippen LogP) is 2.27. The lowest BCUT2D eigenvalue weighted by atomic mass is 9.98. The van der Waals surface area contributed by atoms with Crippen molar-refractivity contribution in [2.75, 3.05) is 39.1 Å². The Kier molecular flexibility index (Phi) is 4.29. The van der Waals surface area contributed by atoms with Crippen LogP contribution in [0, 0.1) is 0 Å². The second kappa shape index (κ2) is 6.00. The summed E-state index contributed by atoms with van der Waals surface area (Å²) in [6, 6.07) is 1.27. The van der Waals surface area contributed by atoms with E-state index in [0.29, 0.717) is 6.04 Å². The lowest BCUT2D eigenvalue weighted by Gasteiger charge is -2.35. The number of piperidine rings is 1. The highest BCUT2D eigenvalue weighted by Gasteiger charge is 2.27. The number of thiazole rings is 1. The van der Waals surface area contributed by atoms with Gasteiger partial charge in [-0.05, 0) is 53.2 Å². The standard InChI is InChI=1S/C15H26N4S/c1-16-12-5-4-6-13-14(12)20-15(17-13)19-9-7-11(8-10-19)18(2)3/h11-12,16H,4-10H2,1-3H3. The Morgan fingerprint density at radius 1 is 1.25 bits per heavy atom. The lowest BCUT2D eigenvalue weighted by Crippen LogP contribution is -2.41. The number of fused-ring (bicyclic) bond motifs is 1. The fourth-order valence-electron chi connectivity index (χ4n) is 3.39. The van der Waals surface area contributed by atoms with Crippen LogP contribution in [0.2, 0.25) is 0 Å². The maximum absolute atomic E-state index is 4.93. The summed E-state index contributed by atoms with van der Waals surface area (Å²) in [5.74, 6) is 0. The van der Waals surface area contributed by atoms with Gasteiger partial charge in [-0.25, -0.2) is 4.98 Å². The fraction of sp³-hybridized carbons (Fsp3) is 0.800. The van der Waals surface area contributed by atoms with Gasteiger partial charge in [0.1, 0.15) is 0 Å². The molecule has 0 bridgehead atoms. The van der Waals surface area contributed by atoms with Gasteiger partial charge in [0, 0.05) is 30.1 Å². The average molecular weight is 294 g/mol. The highest BCUT2D eigenvalue weighted by atomic mass is 32.1. The van der Waals surface area contributed by atoms with E-state index in [4.69, 9.17) is 4.98 Å². The summed E-state index contributed by atoms with van der Waals surface area (Å²) in [6.07, 6.45) is 6.20. The molecule has 1 aliphatic heterocycles. The van der Waals surface area contributed by atoms with E-state index in [1.54, 1.807) is 0 Å². The van der Waals surface area contributed by atoms with Crippen LogP contribution in [0.1, 0.15) is 42.3 Å². The summed E-state index contributed by atoms with van der Waals surface area (Å²) in [7, 11) is 6.46. The van der Waals surface area contributed by atoms with Crippen LogP contribution in [-0.4, -0.2) is 50.2 Å². The van der Waals surface area contributed by atoms with Crippen LogP contribution in [-0.2, 0) is 6.42 Å². The highest BCUT2D eigenvalue weighted by molar-refractivity contribution is 7.15. The Balaban J connectivity index is 1.71. The summed E-state index contributed by atoms with van der Waals surface area (Å²) < 4.78 is 0. The molecule has 1 unspecified atom stereocenters. The third kappa shape index (κ3) is 2.71. The first-order chi connectivity index (χ1) is 9.69. The molecule has 5 heteroatoms. The van der Waals surface area contributed by atoms with Crippen molar-refractivity contribution >= 4 is 16.5 Å². The minimum atomic E-state index is 0.532. The maximum atomic E-state index is 4.93. The van der Waals surface area contributed by atoms with Crippen LogP contribution < -0.4 is 10.2 Å². The van der Waals surface area contributed by atoms with Crippen LogP contribution in [0.15, 0.2) is 0 Å². The molecule has 20 heavy (non-hydrogen) atoms. The SMILES string of the molecule is CNC1CCCc2nc(N3CCC(N(C)C)CC3)sc21. The predicted molar refractivity (Wildman–Crippen MR) is 85.8 cm³/mol. The van der Waals surface area contributed by atoms with Crippen molar-refractivity contribution in [3.05, 3.63) is 10.6 Å². The number of anilines is 1. The topological polar surface area (TPSA) is 31.4 Å². The second-order valence-corrected chi connectivity index (χ2v) is 7.23. The number of nitrogens with zero attached hydrogens (tertiary/aromatic N) is 3. The molecular weight excluding hydrogens is 268 g/mol. The molecule has 0 spiro atoms. The fourth-order valence-corrected chi connectivity index (χ4v) is 4.70. The van der Waals surface area contributed by atoms with Gasteiger partial charge >= 0.3 is 0 Å². The summed E-state index contributed by atoms with van der Waals surface area (Å²) in [6.45, 7) is 2.30. The molecule has 2 aliphatic rings. The monoisotopic (exact) mass is 294 g/mol. The molecule has 0 amide bonds. The van der Waals surface area contributed by atoms with Crippen LogP contribution in [0.25, 0.3) is 0 Å². The van der Waals surface area contributed by atoms with E-state index in [1.807, 2.05) is 11.3 Å². The van der Waals surface area contributed by atoms with E-state index < -0.39 is 0 Å². The van der Waals surface area contributed by atoms with E-state index in [9.17, 15) is 0 Å². The number of aryl methyl sites for hydroxylation is 1. The molecular formula is C15H26N4S. The summed E-state index contributed by atoms with van der Waals surface area (Å²) >= 11 is 1.92. The molecule has 0 radical (unpaired) electrons. The number of rotatable bonds is 3. The first-order valence-corrected chi connectivity index (χ1v) is 8.59. The molecule has 1 saturated heterocycles. The van der Waals surface area contributed by atoms with Crippen LogP contribution >= 0.6 is 11.3 Å². The summed E-state index contributed by atoms with van der Waals surface area (Å²) in [5.41, 5.74) is 1.35. The van der Waals surface area contributed by atoms with Gasteiger partial charge in [0.25, 0.3) is 0 Å². The van der Waals surface area contributed by atoms with Crippen molar-refractivity contribution in [2.45, 2.75) is 44.2 Å². The minimum absolute atomic E-state index is 0.532. The van der Waals surface area contributed by atoms with Gasteiger partial charge in [0.2, 0.25) is 0 Å². The van der Waals surface area contributed by atoms with Crippen molar-refractivity contribution in [3.63, 3.8) is 0 Å². The molecule has 1 aromatic rings. The maximum Gasteiger partial charge on any atom is 0.185 e. The summed E-state index contributed by atoms with van der Waals surface area (Å²) in [4.78, 5) is 11.3. The quantitative estimate of drug-likeness (QED) is 0.927. The molecule has 1 atom stereocenters. The van der Waals surface area contributed by atoms with Crippen molar-refractivity contribution in [3.8, 4) is 0 Å². The lowest BCUT2D eigenvalue weighted by molar-refractivity contribution is 0.249. The van der Waals surface area contributed by atoms with Gasteiger partial charge in [0.15, 0.2) is 5.13 Å². The largest absolute Gasteiger partial charge is 0.348 e. The van der Waals surface area contributed by atoms with Gasteiger partial charge in [-0.2, -0.15) is 0 Å². The third-order valence-corrected chi connectivity index (χ3v) is 6.03. The van der Waals surface area contributed by atoms with E-state index in [-0.39, 0.29) is 0 Å². The van der Waals surface area contributed by atoms with Gasteiger partial charge in [-0.1, -0.05) is 11.3 Å². The van der Waals surface area contributed by atoms with Crippen LogP contribution in [0.3, 0.4) is 0 Å². The molecule has 1 aliphatic carbocycles. The average Bonchev–Trinajstić information content (AvgIpc) is 2.91. The molecule has 2 heterocycles. The van der Waals surface area contributed by atoms with Crippen LogP contribution in [0.5, 0.6) is 0 Å². The molecule has 1 N–H and O–H groups in total.